The molecule has 0 aromatic carbocycles. The Morgan fingerprint density at radius 2 is 2.19 bits per heavy atom. The maximum atomic E-state index is 10.8. The Morgan fingerprint density at radius 1 is 1.44 bits per heavy atom. The first kappa shape index (κ1) is 13.2. The number of carboxylic acid groups (broad SMARTS) is 1. The fraction of sp³-hybridized carbons (Fsp3) is 0.615. The predicted molar refractivity (Wildman–Crippen MR) is 68.3 cm³/mol. The van der Waals surface area contributed by atoms with Gasteiger partial charge in [-0.15, -0.1) is 11.3 Å². The molecule has 3 heteroatoms. The molecule has 1 aromatic heterocycles. The Hall–Kier alpha value is -0.830. The summed E-state index contributed by atoms with van der Waals surface area (Å²) in [4.78, 5) is 12.4. The molecule has 0 radical (unpaired) electrons. The van der Waals surface area contributed by atoms with E-state index in [0.717, 1.165) is 6.42 Å². The van der Waals surface area contributed by atoms with Crippen molar-refractivity contribution in [1.29, 1.82) is 0 Å². The summed E-state index contributed by atoms with van der Waals surface area (Å²) in [7, 11) is 0. The Balaban J connectivity index is 2.52. The first-order chi connectivity index (χ1) is 7.67. The number of thiophene rings is 1. The smallest absolute Gasteiger partial charge is 0.345 e. The summed E-state index contributed by atoms with van der Waals surface area (Å²) in [5.74, 6) is -0.0990. The van der Waals surface area contributed by atoms with Crippen LogP contribution in [0.15, 0.2) is 12.1 Å². The minimum Gasteiger partial charge on any atom is -0.477 e. The van der Waals surface area contributed by atoms with Gasteiger partial charge in [-0.3, -0.25) is 0 Å². The SMILES string of the molecule is CCCCC(CC)Cc1ccc(C(=O)O)s1. The van der Waals surface area contributed by atoms with Gasteiger partial charge in [0.15, 0.2) is 0 Å². The monoisotopic (exact) mass is 240 g/mol. The largest absolute Gasteiger partial charge is 0.477 e. The van der Waals surface area contributed by atoms with Crippen LogP contribution in [0.25, 0.3) is 0 Å². The van der Waals surface area contributed by atoms with E-state index in [1.54, 1.807) is 6.07 Å². The van der Waals surface area contributed by atoms with Crippen molar-refractivity contribution < 1.29 is 9.90 Å². The highest BCUT2D eigenvalue weighted by Crippen LogP contribution is 2.24. The number of hydrogen-bond donors (Lipinski definition) is 1. The number of unbranched alkanes of at least 4 members (excludes halogenated alkanes) is 1. The molecular weight excluding hydrogens is 220 g/mol. The van der Waals surface area contributed by atoms with Gasteiger partial charge < -0.3 is 5.11 Å². The zero-order chi connectivity index (χ0) is 12.0. The van der Waals surface area contributed by atoms with E-state index in [1.165, 1.54) is 41.9 Å². The van der Waals surface area contributed by atoms with Gasteiger partial charge in [-0.2, -0.15) is 0 Å². The van der Waals surface area contributed by atoms with Crippen LogP contribution >= 0.6 is 11.3 Å². The summed E-state index contributed by atoms with van der Waals surface area (Å²) in [5, 5.41) is 8.84. The maximum absolute atomic E-state index is 10.8. The molecule has 1 aromatic rings. The van der Waals surface area contributed by atoms with Crippen LogP contribution < -0.4 is 0 Å². The van der Waals surface area contributed by atoms with Gasteiger partial charge in [-0.05, 0) is 24.5 Å². The van der Waals surface area contributed by atoms with E-state index < -0.39 is 5.97 Å². The second kappa shape index (κ2) is 6.69. The molecule has 2 nitrogen and oxygen atoms in total. The lowest BCUT2D eigenvalue weighted by Crippen LogP contribution is -2.01. The first-order valence-corrected chi connectivity index (χ1v) is 6.81. The van der Waals surface area contributed by atoms with Crippen LogP contribution in [0, 0.1) is 5.92 Å². The summed E-state index contributed by atoms with van der Waals surface area (Å²) in [6.45, 7) is 4.42. The zero-order valence-electron chi connectivity index (χ0n) is 10.0. The van der Waals surface area contributed by atoms with Gasteiger partial charge in [-0.25, -0.2) is 4.79 Å². The Labute approximate surface area is 101 Å². The lowest BCUT2D eigenvalue weighted by atomic mass is 9.95. The molecule has 1 unspecified atom stereocenters. The number of aromatic carboxylic acids is 1. The minimum atomic E-state index is -0.808. The lowest BCUT2D eigenvalue weighted by molar-refractivity contribution is 0.0702. The quantitative estimate of drug-likeness (QED) is 0.775. The molecule has 0 saturated heterocycles. The van der Waals surface area contributed by atoms with Crippen molar-refractivity contribution in [2.75, 3.05) is 0 Å². The van der Waals surface area contributed by atoms with E-state index in [4.69, 9.17) is 5.11 Å². The highest BCUT2D eigenvalue weighted by atomic mass is 32.1. The third-order valence-corrected chi connectivity index (χ3v) is 4.00. The molecule has 0 aliphatic heterocycles. The van der Waals surface area contributed by atoms with E-state index in [1.807, 2.05) is 6.07 Å². The van der Waals surface area contributed by atoms with Crippen molar-refractivity contribution in [2.45, 2.75) is 46.0 Å². The molecule has 0 saturated carbocycles. The van der Waals surface area contributed by atoms with Crippen molar-refractivity contribution in [3.63, 3.8) is 0 Å². The summed E-state index contributed by atoms with van der Waals surface area (Å²) < 4.78 is 0. The van der Waals surface area contributed by atoms with Gasteiger partial charge in [0, 0.05) is 4.88 Å². The molecule has 16 heavy (non-hydrogen) atoms. The average molecular weight is 240 g/mol. The van der Waals surface area contributed by atoms with Crippen LogP contribution in [0.3, 0.4) is 0 Å². The molecule has 0 bridgehead atoms. The fourth-order valence-corrected chi connectivity index (χ4v) is 2.79. The number of carboxylic acids is 1. The van der Waals surface area contributed by atoms with E-state index >= 15 is 0 Å². The second-order valence-electron chi connectivity index (χ2n) is 4.19. The van der Waals surface area contributed by atoms with Crippen LogP contribution in [0.2, 0.25) is 0 Å². The summed E-state index contributed by atoms with van der Waals surface area (Å²) in [6, 6.07) is 3.68. The van der Waals surface area contributed by atoms with Gasteiger partial charge in [0.25, 0.3) is 0 Å². The second-order valence-corrected chi connectivity index (χ2v) is 5.36. The molecular formula is C13H20O2S. The number of carbonyl (C=O) groups is 1. The van der Waals surface area contributed by atoms with Gasteiger partial charge in [0.1, 0.15) is 4.88 Å². The summed E-state index contributed by atoms with van der Waals surface area (Å²) in [5.41, 5.74) is 0. The van der Waals surface area contributed by atoms with Crippen molar-refractivity contribution in [1.82, 2.24) is 0 Å². The minimum absolute atomic E-state index is 0.459. The Bertz CT molecular complexity index is 330. The molecule has 1 heterocycles. The van der Waals surface area contributed by atoms with Crippen LogP contribution in [0.1, 0.15) is 54.1 Å². The van der Waals surface area contributed by atoms with E-state index in [0.29, 0.717) is 10.8 Å². The molecule has 0 spiro atoms. The molecule has 1 atom stereocenters. The molecule has 0 aliphatic carbocycles. The van der Waals surface area contributed by atoms with Crippen LogP contribution in [-0.4, -0.2) is 11.1 Å². The number of hydrogen-bond acceptors (Lipinski definition) is 2. The molecule has 0 fully saturated rings. The summed E-state index contributed by atoms with van der Waals surface area (Å²) in [6.07, 6.45) is 5.99. The molecule has 90 valence electrons. The number of rotatable bonds is 7. The van der Waals surface area contributed by atoms with Crippen LogP contribution in [0.5, 0.6) is 0 Å². The predicted octanol–water partition coefficient (Wildman–Crippen LogP) is 4.21. The third kappa shape index (κ3) is 3.97. The molecule has 1 rings (SSSR count). The normalized spacial score (nSPS) is 12.6. The molecule has 0 aliphatic rings. The van der Waals surface area contributed by atoms with Gasteiger partial charge >= 0.3 is 5.97 Å². The summed E-state index contributed by atoms with van der Waals surface area (Å²) >= 11 is 1.42. The average Bonchev–Trinajstić information content (AvgIpc) is 2.72. The highest BCUT2D eigenvalue weighted by Gasteiger charge is 2.11. The van der Waals surface area contributed by atoms with Crippen LogP contribution in [-0.2, 0) is 6.42 Å². The Morgan fingerprint density at radius 3 is 2.69 bits per heavy atom. The lowest BCUT2D eigenvalue weighted by Gasteiger charge is -2.12. The van der Waals surface area contributed by atoms with Crippen molar-refractivity contribution in [3.8, 4) is 0 Å². The van der Waals surface area contributed by atoms with Crippen molar-refractivity contribution in [2.24, 2.45) is 5.92 Å². The van der Waals surface area contributed by atoms with Gasteiger partial charge in [0.2, 0.25) is 0 Å². The standard InChI is InChI=1S/C13H20O2S/c1-3-5-6-10(4-2)9-11-7-8-12(16-11)13(14)15/h7-8,10H,3-6,9H2,1-2H3,(H,14,15). The maximum Gasteiger partial charge on any atom is 0.345 e. The van der Waals surface area contributed by atoms with Crippen molar-refractivity contribution >= 4 is 17.3 Å². The molecule has 0 amide bonds. The third-order valence-electron chi connectivity index (χ3n) is 2.91. The van der Waals surface area contributed by atoms with Gasteiger partial charge in [0.05, 0.1) is 0 Å². The molecule has 1 N–H and O–H groups in total. The van der Waals surface area contributed by atoms with Gasteiger partial charge in [-0.1, -0.05) is 39.5 Å². The topological polar surface area (TPSA) is 37.3 Å². The Kier molecular flexibility index (Phi) is 5.53. The van der Waals surface area contributed by atoms with E-state index in [2.05, 4.69) is 13.8 Å². The van der Waals surface area contributed by atoms with Crippen molar-refractivity contribution in [3.05, 3.63) is 21.9 Å². The van der Waals surface area contributed by atoms with Crippen LogP contribution in [0.4, 0.5) is 0 Å². The van der Waals surface area contributed by atoms with E-state index in [-0.39, 0.29) is 0 Å². The highest BCUT2D eigenvalue weighted by molar-refractivity contribution is 7.13. The van der Waals surface area contributed by atoms with E-state index in [9.17, 15) is 4.79 Å². The first-order valence-electron chi connectivity index (χ1n) is 5.99. The fourth-order valence-electron chi connectivity index (χ4n) is 1.83. The zero-order valence-corrected chi connectivity index (χ0v) is 10.8.